The lowest BCUT2D eigenvalue weighted by Crippen LogP contribution is -1.90. The third-order valence-electron chi connectivity index (χ3n) is 2.97. The molecule has 5 heteroatoms. The Labute approximate surface area is 126 Å². The van der Waals surface area contributed by atoms with Gasteiger partial charge < -0.3 is 10.1 Å². The first-order valence-corrected chi connectivity index (χ1v) is 7.25. The molecule has 106 valence electrons. The summed E-state index contributed by atoms with van der Waals surface area (Å²) in [5.41, 5.74) is 2.46. The van der Waals surface area contributed by atoms with E-state index in [4.69, 9.17) is 4.74 Å². The van der Waals surface area contributed by atoms with Crippen LogP contribution in [0.25, 0.3) is 11.3 Å². The summed E-state index contributed by atoms with van der Waals surface area (Å²) in [6.07, 6.45) is 0. The van der Waals surface area contributed by atoms with Crippen LogP contribution >= 0.6 is 11.3 Å². The maximum atomic E-state index is 13.2. The topological polar surface area (TPSA) is 34.1 Å². The number of rotatable bonds is 4. The van der Waals surface area contributed by atoms with E-state index < -0.39 is 0 Å². The molecule has 21 heavy (non-hydrogen) atoms. The van der Waals surface area contributed by atoms with E-state index in [2.05, 4.69) is 10.3 Å². The second kappa shape index (κ2) is 5.93. The van der Waals surface area contributed by atoms with Crippen LogP contribution in [0.3, 0.4) is 0 Å². The molecular weight excluding hydrogens is 287 g/mol. The Morgan fingerprint density at radius 1 is 1.14 bits per heavy atom. The second-order valence-electron chi connectivity index (χ2n) is 4.40. The largest absolute Gasteiger partial charge is 0.497 e. The number of hydrogen-bond acceptors (Lipinski definition) is 4. The van der Waals surface area contributed by atoms with Crippen LogP contribution in [-0.4, -0.2) is 12.1 Å². The van der Waals surface area contributed by atoms with E-state index in [0.717, 1.165) is 27.8 Å². The van der Waals surface area contributed by atoms with E-state index in [-0.39, 0.29) is 5.82 Å². The van der Waals surface area contributed by atoms with Crippen molar-refractivity contribution in [2.45, 2.75) is 0 Å². The van der Waals surface area contributed by atoms with Crippen molar-refractivity contribution >= 4 is 22.2 Å². The molecule has 0 fully saturated rings. The van der Waals surface area contributed by atoms with Crippen molar-refractivity contribution in [3.63, 3.8) is 0 Å². The number of thiazole rings is 1. The lowest BCUT2D eigenvalue weighted by Gasteiger charge is -2.04. The number of anilines is 2. The van der Waals surface area contributed by atoms with Gasteiger partial charge in [-0.1, -0.05) is 12.1 Å². The summed E-state index contributed by atoms with van der Waals surface area (Å²) >= 11 is 1.48. The first-order valence-electron chi connectivity index (χ1n) is 6.37. The second-order valence-corrected chi connectivity index (χ2v) is 5.26. The van der Waals surface area contributed by atoms with Crippen LogP contribution in [0.15, 0.2) is 53.9 Å². The molecule has 1 N–H and O–H groups in total. The number of halogens is 1. The molecule has 0 unspecified atom stereocenters. The molecule has 0 saturated heterocycles. The summed E-state index contributed by atoms with van der Waals surface area (Å²) in [5, 5.41) is 5.88. The highest BCUT2D eigenvalue weighted by Gasteiger charge is 2.05. The monoisotopic (exact) mass is 300 g/mol. The van der Waals surface area contributed by atoms with Crippen molar-refractivity contribution in [3.8, 4) is 17.0 Å². The minimum atomic E-state index is -0.259. The van der Waals surface area contributed by atoms with Gasteiger partial charge in [0, 0.05) is 16.6 Å². The molecule has 0 amide bonds. The summed E-state index contributed by atoms with van der Waals surface area (Å²) in [6, 6.07) is 14.0. The highest BCUT2D eigenvalue weighted by Crippen LogP contribution is 2.28. The average molecular weight is 300 g/mol. The van der Waals surface area contributed by atoms with E-state index in [0.29, 0.717) is 0 Å². The van der Waals surface area contributed by atoms with E-state index >= 15 is 0 Å². The lowest BCUT2D eigenvalue weighted by molar-refractivity contribution is 0.415. The predicted molar refractivity (Wildman–Crippen MR) is 83.8 cm³/mol. The first-order chi connectivity index (χ1) is 10.2. The molecule has 0 spiro atoms. The Morgan fingerprint density at radius 3 is 2.67 bits per heavy atom. The minimum absolute atomic E-state index is 0.259. The van der Waals surface area contributed by atoms with Gasteiger partial charge >= 0.3 is 0 Å². The van der Waals surface area contributed by atoms with Gasteiger partial charge in [0.15, 0.2) is 5.13 Å². The van der Waals surface area contributed by atoms with E-state index in [1.54, 1.807) is 13.2 Å². The zero-order chi connectivity index (χ0) is 14.7. The maximum absolute atomic E-state index is 13.2. The fourth-order valence-corrected chi connectivity index (χ4v) is 2.65. The van der Waals surface area contributed by atoms with Gasteiger partial charge in [-0.2, -0.15) is 0 Å². The lowest BCUT2D eigenvalue weighted by atomic mass is 10.2. The normalized spacial score (nSPS) is 10.4. The quantitative estimate of drug-likeness (QED) is 0.758. The van der Waals surface area contributed by atoms with Crippen molar-refractivity contribution in [1.29, 1.82) is 0 Å². The van der Waals surface area contributed by atoms with Crippen LogP contribution in [-0.2, 0) is 0 Å². The van der Waals surface area contributed by atoms with Gasteiger partial charge in [0.25, 0.3) is 0 Å². The summed E-state index contributed by atoms with van der Waals surface area (Å²) < 4.78 is 18.3. The average Bonchev–Trinajstić information content (AvgIpc) is 2.97. The van der Waals surface area contributed by atoms with E-state index in [9.17, 15) is 4.39 Å². The van der Waals surface area contributed by atoms with Gasteiger partial charge in [-0.15, -0.1) is 11.3 Å². The smallest absolute Gasteiger partial charge is 0.187 e. The standard InChI is InChI=1S/C16H13FN2OS/c1-20-14-7-5-13(6-8-14)18-16-19-15(10-21-16)11-3-2-4-12(17)9-11/h2-10H,1H3,(H,18,19). The molecule has 0 aliphatic heterocycles. The Bertz CT molecular complexity index is 740. The SMILES string of the molecule is COc1ccc(Nc2nc(-c3cccc(F)c3)cs2)cc1. The van der Waals surface area contributed by atoms with Gasteiger partial charge in [0.05, 0.1) is 12.8 Å². The fraction of sp³-hybridized carbons (Fsp3) is 0.0625. The molecule has 0 aliphatic rings. The molecule has 1 aromatic heterocycles. The molecule has 3 nitrogen and oxygen atoms in total. The van der Waals surface area contributed by atoms with Crippen LogP contribution in [0.4, 0.5) is 15.2 Å². The van der Waals surface area contributed by atoms with Crippen LogP contribution < -0.4 is 10.1 Å². The fourth-order valence-electron chi connectivity index (χ4n) is 1.91. The highest BCUT2D eigenvalue weighted by atomic mass is 32.1. The third-order valence-corrected chi connectivity index (χ3v) is 3.72. The van der Waals surface area contributed by atoms with Gasteiger partial charge in [-0.25, -0.2) is 9.37 Å². The number of methoxy groups -OCH3 is 1. The maximum Gasteiger partial charge on any atom is 0.187 e. The van der Waals surface area contributed by atoms with Crippen molar-refractivity contribution in [1.82, 2.24) is 4.98 Å². The molecule has 3 rings (SSSR count). The molecule has 0 radical (unpaired) electrons. The van der Waals surface area contributed by atoms with E-state index in [1.165, 1.54) is 23.5 Å². The number of nitrogens with zero attached hydrogens (tertiary/aromatic N) is 1. The van der Waals surface area contributed by atoms with E-state index in [1.807, 2.05) is 35.7 Å². The summed E-state index contributed by atoms with van der Waals surface area (Å²) in [7, 11) is 1.63. The third kappa shape index (κ3) is 3.20. The van der Waals surface area contributed by atoms with Gasteiger partial charge in [-0.3, -0.25) is 0 Å². The van der Waals surface area contributed by atoms with Gasteiger partial charge in [-0.05, 0) is 36.4 Å². The van der Waals surface area contributed by atoms with Crippen molar-refractivity contribution in [3.05, 3.63) is 59.7 Å². The zero-order valence-corrected chi connectivity index (χ0v) is 12.2. The number of nitrogens with one attached hydrogen (secondary N) is 1. The number of hydrogen-bond donors (Lipinski definition) is 1. The van der Waals surface area contributed by atoms with Crippen LogP contribution in [0, 0.1) is 5.82 Å². The summed E-state index contributed by atoms with van der Waals surface area (Å²) in [6.45, 7) is 0. The summed E-state index contributed by atoms with van der Waals surface area (Å²) in [4.78, 5) is 4.47. The highest BCUT2D eigenvalue weighted by molar-refractivity contribution is 7.14. The zero-order valence-electron chi connectivity index (χ0n) is 11.3. The molecule has 2 aromatic carbocycles. The number of aromatic nitrogens is 1. The molecular formula is C16H13FN2OS. The first kappa shape index (κ1) is 13.6. The Balaban J connectivity index is 1.78. The molecule has 1 heterocycles. The molecule has 0 atom stereocenters. The minimum Gasteiger partial charge on any atom is -0.497 e. The molecule has 0 bridgehead atoms. The Morgan fingerprint density at radius 2 is 1.95 bits per heavy atom. The molecule has 0 saturated carbocycles. The Kier molecular flexibility index (Phi) is 3.83. The van der Waals surface area contributed by atoms with Gasteiger partial charge in [0.2, 0.25) is 0 Å². The van der Waals surface area contributed by atoms with Crippen molar-refractivity contribution in [2.75, 3.05) is 12.4 Å². The van der Waals surface area contributed by atoms with Crippen molar-refractivity contribution < 1.29 is 9.13 Å². The molecule has 0 aliphatic carbocycles. The van der Waals surface area contributed by atoms with Gasteiger partial charge in [0.1, 0.15) is 11.6 Å². The Hall–Kier alpha value is -2.40. The molecule has 3 aromatic rings. The number of benzene rings is 2. The number of ether oxygens (including phenoxy) is 1. The predicted octanol–water partition coefficient (Wildman–Crippen LogP) is 4.70. The van der Waals surface area contributed by atoms with Crippen molar-refractivity contribution in [2.24, 2.45) is 0 Å². The van der Waals surface area contributed by atoms with Crippen LogP contribution in [0.1, 0.15) is 0 Å². The van der Waals surface area contributed by atoms with Crippen LogP contribution in [0.2, 0.25) is 0 Å². The summed E-state index contributed by atoms with van der Waals surface area (Å²) in [5.74, 6) is 0.547. The van der Waals surface area contributed by atoms with Crippen LogP contribution in [0.5, 0.6) is 5.75 Å².